The third kappa shape index (κ3) is 4.64. The van der Waals surface area contributed by atoms with Crippen LogP contribution in [0.5, 0.6) is 5.88 Å². The van der Waals surface area contributed by atoms with Gasteiger partial charge in [-0.1, -0.05) is 61.5 Å². The minimum atomic E-state index is -1.26. The molecule has 3 aromatic carbocycles. The first-order valence-corrected chi connectivity index (χ1v) is 13.3. The highest BCUT2D eigenvalue weighted by Crippen LogP contribution is 2.36. The Morgan fingerprint density at radius 2 is 1.88 bits per heavy atom. The lowest BCUT2D eigenvalue weighted by Crippen LogP contribution is -2.42. The average Bonchev–Trinajstić information content (AvgIpc) is 3.27. The van der Waals surface area contributed by atoms with Crippen molar-refractivity contribution in [2.24, 2.45) is 4.99 Å². The third-order valence-corrected chi connectivity index (χ3v) is 7.15. The second kappa shape index (κ2) is 10.4. The zero-order chi connectivity index (χ0) is 27.8. The molecule has 1 aromatic heterocycles. The summed E-state index contributed by atoms with van der Waals surface area (Å²) in [6.45, 7) is 4.36. The lowest BCUT2D eigenvalue weighted by molar-refractivity contribution is -0.117. The number of carbonyl (C=O) groups is 2. The fourth-order valence-electron chi connectivity index (χ4n) is 5.01. The van der Waals surface area contributed by atoms with Crippen LogP contribution in [0, 0.1) is 5.82 Å². The minimum Gasteiger partial charge on any atom is -0.474 e. The maximum atomic E-state index is 15.3. The molecule has 6 rings (SSSR count). The van der Waals surface area contributed by atoms with Crippen molar-refractivity contribution in [3.05, 3.63) is 101 Å². The summed E-state index contributed by atoms with van der Waals surface area (Å²) >= 11 is 0. The Balaban J connectivity index is 1.43. The highest BCUT2D eigenvalue weighted by atomic mass is 19.1. The lowest BCUT2D eigenvalue weighted by Gasteiger charge is -2.22. The number of halogens is 1. The third-order valence-electron chi connectivity index (χ3n) is 7.15. The van der Waals surface area contributed by atoms with E-state index in [0.29, 0.717) is 30.8 Å². The summed E-state index contributed by atoms with van der Waals surface area (Å²) in [6, 6.07) is 21.7. The van der Waals surface area contributed by atoms with Crippen molar-refractivity contribution in [1.82, 2.24) is 15.1 Å². The molecule has 9 heteroatoms. The number of carbonyl (C=O) groups excluding carboxylic acids is 2. The maximum Gasteiger partial charge on any atom is 0.269 e. The average molecular weight is 538 g/mol. The maximum absolute atomic E-state index is 15.3. The van der Waals surface area contributed by atoms with Gasteiger partial charge in [0, 0.05) is 29.7 Å². The molecule has 2 atom stereocenters. The van der Waals surface area contributed by atoms with Gasteiger partial charge in [-0.2, -0.15) is 5.10 Å². The molecule has 0 saturated heterocycles. The minimum absolute atomic E-state index is 0.0701. The van der Waals surface area contributed by atoms with Crippen molar-refractivity contribution in [2.75, 3.05) is 5.32 Å². The Hall–Kier alpha value is -4.79. The van der Waals surface area contributed by atoms with E-state index in [0.717, 1.165) is 16.7 Å². The van der Waals surface area contributed by atoms with Gasteiger partial charge in [0.2, 0.25) is 12.0 Å². The van der Waals surface area contributed by atoms with Crippen LogP contribution in [0.1, 0.15) is 47.3 Å². The van der Waals surface area contributed by atoms with E-state index in [-0.39, 0.29) is 28.8 Å². The van der Waals surface area contributed by atoms with Crippen molar-refractivity contribution in [3.8, 4) is 17.1 Å². The molecule has 2 aliphatic rings. The highest BCUT2D eigenvalue weighted by Gasteiger charge is 2.34. The summed E-state index contributed by atoms with van der Waals surface area (Å²) < 4.78 is 22.9. The Kier molecular flexibility index (Phi) is 6.63. The number of nitrogens with one attached hydrogen (secondary N) is 2. The standard InChI is InChI=1S/C31H28FN5O3/c1-3-19-13-14-21(23(32)17-19)27-25(31-37(36-27)16-15-18(2)40-31)29(38)35-28-30(39)33-24-12-8-7-11-22(24)26(34-28)20-9-5-4-6-10-20/h4-14,17-18,28H,3,15-16H2,1-2H3,(H,33,39)(H,35,38)/t18-,28-/m1/s1. The van der Waals surface area contributed by atoms with Gasteiger partial charge in [0.05, 0.1) is 17.5 Å². The van der Waals surface area contributed by atoms with E-state index >= 15 is 4.39 Å². The summed E-state index contributed by atoms with van der Waals surface area (Å²) in [5.41, 5.74) is 3.92. The normalized spacial score (nSPS) is 18.0. The molecule has 3 heterocycles. The van der Waals surface area contributed by atoms with Gasteiger partial charge in [0.25, 0.3) is 11.8 Å². The number of benzene rings is 3. The van der Waals surface area contributed by atoms with Gasteiger partial charge >= 0.3 is 0 Å². The molecule has 0 unspecified atom stereocenters. The number of ether oxygens (including phenoxy) is 1. The van der Waals surface area contributed by atoms with Gasteiger partial charge in [0.1, 0.15) is 17.1 Å². The number of hydrogen-bond acceptors (Lipinski definition) is 5. The van der Waals surface area contributed by atoms with Crippen LogP contribution in [0.25, 0.3) is 11.3 Å². The molecular formula is C31H28FN5O3. The largest absolute Gasteiger partial charge is 0.474 e. The van der Waals surface area contributed by atoms with Gasteiger partial charge in [-0.25, -0.2) is 14.1 Å². The molecule has 202 valence electrons. The molecule has 0 radical (unpaired) electrons. The molecule has 40 heavy (non-hydrogen) atoms. The van der Waals surface area contributed by atoms with Crippen molar-refractivity contribution in [2.45, 2.75) is 45.5 Å². The van der Waals surface area contributed by atoms with E-state index in [2.05, 4.69) is 15.7 Å². The Labute approximate surface area is 230 Å². The zero-order valence-corrected chi connectivity index (χ0v) is 22.1. The zero-order valence-electron chi connectivity index (χ0n) is 22.1. The second-order valence-corrected chi connectivity index (χ2v) is 9.89. The van der Waals surface area contributed by atoms with Crippen LogP contribution in [0.15, 0.2) is 77.8 Å². The summed E-state index contributed by atoms with van der Waals surface area (Å²) in [5, 5.41) is 10.2. The Morgan fingerprint density at radius 1 is 1.10 bits per heavy atom. The molecule has 0 aliphatic carbocycles. The number of nitrogens with zero attached hydrogens (tertiary/aromatic N) is 3. The van der Waals surface area contributed by atoms with Crippen molar-refractivity contribution in [1.29, 1.82) is 0 Å². The Bertz CT molecular complexity index is 1650. The Morgan fingerprint density at radius 3 is 2.65 bits per heavy atom. The van der Waals surface area contributed by atoms with Gasteiger partial charge in [0.15, 0.2) is 0 Å². The number of benzodiazepines with no additional fused rings is 1. The second-order valence-electron chi connectivity index (χ2n) is 9.89. The number of aliphatic imine (C=N–C) groups is 1. The first-order chi connectivity index (χ1) is 19.4. The number of para-hydroxylation sites is 1. The molecule has 0 spiro atoms. The van der Waals surface area contributed by atoms with Crippen molar-refractivity contribution in [3.63, 3.8) is 0 Å². The van der Waals surface area contributed by atoms with E-state index in [4.69, 9.17) is 9.73 Å². The molecule has 8 nitrogen and oxygen atoms in total. The molecule has 2 N–H and O–H groups in total. The SMILES string of the molecule is CCc1ccc(-c2nn3c(c2C(=O)N[C@H]2N=C(c4ccccc4)c4ccccc4NC2=O)O[C@H](C)CC3)c(F)c1. The van der Waals surface area contributed by atoms with E-state index in [1.807, 2.05) is 68.4 Å². The number of aryl methyl sites for hydroxylation is 2. The van der Waals surface area contributed by atoms with Gasteiger partial charge in [-0.05, 0) is 37.1 Å². The number of rotatable bonds is 5. The van der Waals surface area contributed by atoms with Crippen LogP contribution in [0.4, 0.5) is 10.1 Å². The molecule has 2 amide bonds. The lowest BCUT2D eigenvalue weighted by atomic mass is 10.0. The number of anilines is 1. The summed E-state index contributed by atoms with van der Waals surface area (Å²) in [4.78, 5) is 32.0. The van der Waals surface area contributed by atoms with E-state index in [1.165, 1.54) is 6.07 Å². The van der Waals surface area contributed by atoms with Gasteiger partial charge in [-0.3, -0.25) is 9.59 Å². The van der Waals surface area contributed by atoms with Crippen LogP contribution in [0.3, 0.4) is 0 Å². The molecular weight excluding hydrogens is 509 g/mol. The number of hydrogen-bond donors (Lipinski definition) is 2. The van der Waals surface area contributed by atoms with Gasteiger partial charge < -0.3 is 15.4 Å². The predicted molar refractivity (Wildman–Crippen MR) is 150 cm³/mol. The van der Waals surface area contributed by atoms with Gasteiger partial charge in [-0.15, -0.1) is 0 Å². The molecule has 2 aliphatic heterocycles. The van der Waals surface area contributed by atoms with Crippen LogP contribution in [-0.2, 0) is 17.8 Å². The van der Waals surface area contributed by atoms with Crippen LogP contribution in [-0.4, -0.2) is 39.6 Å². The van der Waals surface area contributed by atoms with Crippen LogP contribution < -0.4 is 15.4 Å². The van der Waals surface area contributed by atoms with Crippen molar-refractivity contribution >= 4 is 23.2 Å². The van der Waals surface area contributed by atoms with E-state index in [9.17, 15) is 9.59 Å². The molecule has 4 aromatic rings. The summed E-state index contributed by atoms with van der Waals surface area (Å²) in [6.07, 6.45) is -0.0483. The first-order valence-electron chi connectivity index (χ1n) is 13.3. The topological polar surface area (TPSA) is 97.6 Å². The quantitative estimate of drug-likeness (QED) is 0.376. The molecule has 0 saturated carbocycles. The number of aromatic nitrogens is 2. The summed E-state index contributed by atoms with van der Waals surface area (Å²) in [7, 11) is 0. The number of amides is 2. The predicted octanol–water partition coefficient (Wildman–Crippen LogP) is 4.97. The number of fused-ring (bicyclic) bond motifs is 2. The van der Waals surface area contributed by atoms with Crippen LogP contribution in [0.2, 0.25) is 0 Å². The van der Waals surface area contributed by atoms with E-state index < -0.39 is 23.8 Å². The van der Waals surface area contributed by atoms with Crippen LogP contribution >= 0.6 is 0 Å². The monoisotopic (exact) mass is 537 g/mol. The highest BCUT2D eigenvalue weighted by molar-refractivity contribution is 6.20. The smallest absolute Gasteiger partial charge is 0.269 e. The summed E-state index contributed by atoms with van der Waals surface area (Å²) in [5.74, 6) is -1.37. The fourth-order valence-corrected chi connectivity index (χ4v) is 5.01. The first kappa shape index (κ1) is 25.5. The fraction of sp³-hybridized carbons (Fsp3) is 0.226. The molecule has 0 fully saturated rings. The van der Waals surface area contributed by atoms with Crippen molar-refractivity contribution < 1.29 is 18.7 Å². The molecule has 0 bridgehead atoms. The van der Waals surface area contributed by atoms with E-state index in [1.54, 1.807) is 16.8 Å².